The summed E-state index contributed by atoms with van der Waals surface area (Å²) in [7, 11) is -3.46. The number of benzene rings is 3. The molecule has 0 unspecified atom stereocenters. The molecule has 0 bridgehead atoms. The zero-order valence-corrected chi connectivity index (χ0v) is 20.9. The second-order valence-electron chi connectivity index (χ2n) is 8.75. The van der Waals surface area contributed by atoms with E-state index in [9.17, 15) is 13.2 Å². The lowest BCUT2D eigenvalue weighted by Crippen LogP contribution is -2.36. The van der Waals surface area contributed by atoms with Crippen LogP contribution in [0, 0.1) is 6.92 Å². The van der Waals surface area contributed by atoms with Crippen molar-refractivity contribution in [1.29, 1.82) is 0 Å². The molecule has 0 spiro atoms. The van der Waals surface area contributed by atoms with Crippen LogP contribution in [-0.2, 0) is 27.8 Å². The predicted octanol–water partition coefficient (Wildman–Crippen LogP) is 3.73. The number of ether oxygens (including phenoxy) is 1. The van der Waals surface area contributed by atoms with Gasteiger partial charge in [0.2, 0.25) is 10.0 Å². The number of carbonyl (C=O) groups is 1. The first-order chi connectivity index (χ1) is 16.8. The van der Waals surface area contributed by atoms with E-state index in [1.807, 2.05) is 37.3 Å². The fraction of sp³-hybridized carbons (Fsp3) is 0.296. The van der Waals surface area contributed by atoms with Gasteiger partial charge in [-0.2, -0.15) is 0 Å². The highest BCUT2D eigenvalue weighted by Gasteiger charge is 2.18. The molecule has 1 N–H and O–H groups in total. The molecule has 0 radical (unpaired) electrons. The molecule has 1 amide bonds. The lowest BCUT2D eigenvalue weighted by atomic mass is 10.1. The lowest BCUT2D eigenvalue weighted by Gasteiger charge is -2.28. The monoisotopic (exact) mass is 493 g/mol. The number of hydrogen-bond acceptors (Lipinski definition) is 5. The summed E-state index contributed by atoms with van der Waals surface area (Å²) in [4.78, 5) is 14.9. The smallest absolute Gasteiger partial charge is 0.251 e. The Balaban J connectivity index is 1.36. The average Bonchev–Trinajstić information content (AvgIpc) is 2.86. The predicted molar refractivity (Wildman–Crippen MR) is 139 cm³/mol. The summed E-state index contributed by atoms with van der Waals surface area (Å²) >= 11 is 0. The van der Waals surface area contributed by atoms with Crippen LogP contribution in [0.25, 0.3) is 0 Å². The molecule has 35 heavy (non-hydrogen) atoms. The summed E-state index contributed by atoms with van der Waals surface area (Å²) < 4.78 is 31.6. The first-order valence-corrected chi connectivity index (χ1v) is 13.5. The van der Waals surface area contributed by atoms with Crippen LogP contribution >= 0.6 is 0 Å². The van der Waals surface area contributed by atoms with Crippen LogP contribution in [0.2, 0.25) is 0 Å². The van der Waals surface area contributed by atoms with Crippen molar-refractivity contribution in [3.63, 3.8) is 0 Å². The van der Waals surface area contributed by atoms with Gasteiger partial charge in [0.1, 0.15) is 0 Å². The summed E-state index contributed by atoms with van der Waals surface area (Å²) in [6.07, 6.45) is 1.20. The number of morpholine rings is 1. The van der Waals surface area contributed by atoms with E-state index in [0.717, 1.165) is 48.7 Å². The maximum atomic E-state index is 12.6. The Morgan fingerprint density at radius 2 is 1.63 bits per heavy atom. The van der Waals surface area contributed by atoms with Crippen LogP contribution in [0.4, 0.5) is 11.4 Å². The van der Waals surface area contributed by atoms with E-state index in [1.165, 1.54) is 10.6 Å². The maximum Gasteiger partial charge on any atom is 0.251 e. The van der Waals surface area contributed by atoms with Crippen LogP contribution in [0.5, 0.6) is 0 Å². The number of aryl methyl sites for hydroxylation is 1. The molecular weight excluding hydrogens is 462 g/mol. The second kappa shape index (κ2) is 10.9. The van der Waals surface area contributed by atoms with Crippen LogP contribution in [0.15, 0.2) is 72.8 Å². The number of carbonyl (C=O) groups excluding carboxylic acids is 1. The highest BCUT2D eigenvalue weighted by Crippen LogP contribution is 2.22. The van der Waals surface area contributed by atoms with Gasteiger partial charge in [0.25, 0.3) is 5.91 Å². The normalized spacial score (nSPS) is 13.9. The summed E-state index contributed by atoms with van der Waals surface area (Å²) in [5, 5.41) is 2.95. The van der Waals surface area contributed by atoms with Crippen molar-refractivity contribution in [2.45, 2.75) is 20.0 Å². The fourth-order valence-electron chi connectivity index (χ4n) is 4.04. The first-order valence-electron chi connectivity index (χ1n) is 11.6. The lowest BCUT2D eigenvalue weighted by molar-refractivity contribution is 0.0951. The Kier molecular flexibility index (Phi) is 7.73. The van der Waals surface area contributed by atoms with Crippen molar-refractivity contribution < 1.29 is 17.9 Å². The zero-order chi connectivity index (χ0) is 24.8. The Hall–Kier alpha value is -3.36. The number of hydrogen-bond donors (Lipinski definition) is 1. The van der Waals surface area contributed by atoms with Gasteiger partial charge in [0, 0.05) is 30.9 Å². The molecule has 4 rings (SSSR count). The molecule has 3 aromatic carbocycles. The molecule has 8 heteroatoms. The van der Waals surface area contributed by atoms with Crippen LogP contribution in [0.3, 0.4) is 0 Å². The number of nitrogens with zero attached hydrogens (tertiary/aromatic N) is 2. The standard InChI is InChI=1S/C27H31N3O4S/c1-21-4-3-5-26(18-21)30(35(2,32)33)20-23-6-10-24(11-7-23)27(31)28-19-22-8-12-25(13-9-22)29-14-16-34-17-15-29/h3-13,18H,14-17,19-20H2,1-2H3,(H,28,31). The Bertz CT molecular complexity index is 1250. The van der Waals surface area contributed by atoms with E-state index < -0.39 is 10.0 Å². The number of anilines is 2. The molecular formula is C27H31N3O4S. The molecule has 1 aliphatic heterocycles. The summed E-state index contributed by atoms with van der Waals surface area (Å²) in [5.74, 6) is -0.174. The third-order valence-electron chi connectivity index (χ3n) is 6.00. The van der Waals surface area contributed by atoms with Gasteiger partial charge < -0.3 is 15.0 Å². The van der Waals surface area contributed by atoms with Crippen molar-refractivity contribution in [3.05, 3.63) is 95.1 Å². The molecule has 0 atom stereocenters. The highest BCUT2D eigenvalue weighted by atomic mass is 32.2. The molecule has 0 aliphatic carbocycles. The van der Waals surface area contributed by atoms with Gasteiger partial charge in [-0.15, -0.1) is 0 Å². The number of nitrogens with one attached hydrogen (secondary N) is 1. The first kappa shape index (κ1) is 24.8. The van der Waals surface area contributed by atoms with Gasteiger partial charge in [-0.25, -0.2) is 8.42 Å². The van der Waals surface area contributed by atoms with Gasteiger partial charge in [-0.05, 0) is 60.0 Å². The quantitative estimate of drug-likeness (QED) is 0.517. The topological polar surface area (TPSA) is 79.0 Å². The number of sulfonamides is 1. The van der Waals surface area contributed by atoms with Gasteiger partial charge >= 0.3 is 0 Å². The van der Waals surface area contributed by atoms with Crippen LogP contribution in [-0.4, -0.2) is 46.9 Å². The SMILES string of the molecule is Cc1cccc(N(Cc2ccc(C(=O)NCc3ccc(N4CCOCC4)cc3)cc2)S(C)(=O)=O)c1. The van der Waals surface area contributed by atoms with Crippen molar-refractivity contribution >= 4 is 27.3 Å². The summed E-state index contributed by atoms with van der Waals surface area (Å²) in [6, 6.07) is 22.6. The van der Waals surface area contributed by atoms with Gasteiger partial charge in [-0.1, -0.05) is 36.4 Å². The Labute approximate surface area is 207 Å². The van der Waals surface area contributed by atoms with E-state index in [2.05, 4.69) is 22.3 Å². The Morgan fingerprint density at radius 1 is 0.971 bits per heavy atom. The third-order valence-corrected chi connectivity index (χ3v) is 7.14. The van der Waals surface area contributed by atoms with Gasteiger partial charge in [0.15, 0.2) is 0 Å². The minimum Gasteiger partial charge on any atom is -0.378 e. The van der Waals surface area contributed by atoms with E-state index in [-0.39, 0.29) is 12.5 Å². The highest BCUT2D eigenvalue weighted by molar-refractivity contribution is 7.92. The van der Waals surface area contributed by atoms with Crippen molar-refractivity contribution in [2.24, 2.45) is 0 Å². The maximum absolute atomic E-state index is 12.6. The molecule has 0 aromatic heterocycles. The zero-order valence-electron chi connectivity index (χ0n) is 20.1. The average molecular weight is 494 g/mol. The number of rotatable bonds is 8. The van der Waals surface area contributed by atoms with Gasteiger partial charge in [0.05, 0.1) is 31.7 Å². The van der Waals surface area contributed by atoms with Crippen molar-refractivity contribution in [1.82, 2.24) is 5.32 Å². The molecule has 7 nitrogen and oxygen atoms in total. The molecule has 3 aromatic rings. The minimum absolute atomic E-state index is 0.174. The van der Waals surface area contributed by atoms with E-state index in [0.29, 0.717) is 17.8 Å². The van der Waals surface area contributed by atoms with E-state index in [4.69, 9.17) is 4.74 Å². The summed E-state index contributed by atoms with van der Waals surface area (Å²) in [5.41, 5.74) is 5.11. The van der Waals surface area contributed by atoms with Crippen molar-refractivity contribution in [2.75, 3.05) is 41.8 Å². The third kappa shape index (κ3) is 6.61. The van der Waals surface area contributed by atoms with E-state index >= 15 is 0 Å². The fourth-order valence-corrected chi connectivity index (χ4v) is 4.92. The summed E-state index contributed by atoms with van der Waals surface area (Å²) in [6.45, 7) is 5.82. The van der Waals surface area contributed by atoms with Crippen molar-refractivity contribution in [3.8, 4) is 0 Å². The van der Waals surface area contributed by atoms with E-state index in [1.54, 1.807) is 30.3 Å². The molecule has 1 heterocycles. The molecule has 1 aliphatic rings. The minimum atomic E-state index is -3.46. The Morgan fingerprint density at radius 3 is 2.26 bits per heavy atom. The molecule has 0 saturated carbocycles. The molecule has 1 saturated heterocycles. The van der Waals surface area contributed by atoms with Gasteiger partial charge in [-0.3, -0.25) is 9.10 Å². The van der Waals surface area contributed by atoms with Crippen LogP contribution in [0.1, 0.15) is 27.0 Å². The van der Waals surface area contributed by atoms with Crippen LogP contribution < -0.4 is 14.5 Å². The largest absolute Gasteiger partial charge is 0.378 e. The molecule has 1 fully saturated rings. The molecule has 184 valence electrons. The number of amides is 1. The second-order valence-corrected chi connectivity index (χ2v) is 10.7.